The zero-order chi connectivity index (χ0) is 13.9. The third-order valence-electron chi connectivity index (χ3n) is 4.21. The molecule has 1 saturated heterocycles. The molecule has 3 rings (SSSR count). The van der Waals surface area contributed by atoms with Crippen molar-refractivity contribution in [3.05, 3.63) is 18.0 Å². The summed E-state index contributed by atoms with van der Waals surface area (Å²) in [5, 5.41) is 3.60. The second-order valence-electron chi connectivity index (χ2n) is 5.59. The normalized spacial score (nSPS) is 23.0. The van der Waals surface area contributed by atoms with Gasteiger partial charge in [-0.05, 0) is 19.3 Å². The number of hydrogen-bond acceptors (Lipinski definition) is 5. The van der Waals surface area contributed by atoms with Gasteiger partial charge in [-0.15, -0.1) is 0 Å². The van der Waals surface area contributed by atoms with Crippen molar-refractivity contribution in [1.29, 1.82) is 0 Å². The van der Waals surface area contributed by atoms with Crippen molar-refractivity contribution in [3.63, 3.8) is 0 Å². The van der Waals surface area contributed by atoms with Gasteiger partial charge >= 0.3 is 0 Å². The van der Waals surface area contributed by atoms with Gasteiger partial charge in [0.25, 0.3) is 0 Å². The second kappa shape index (κ2) is 5.97. The molecule has 2 aliphatic rings. The van der Waals surface area contributed by atoms with Crippen LogP contribution in [0.2, 0.25) is 0 Å². The van der Waals surface area contributed by atoms with Crippen LogP contribution in [0.5, 0.6) is 11.5 Å². The number of likely N-dealkylation sites (tertiary alicyclic amines) is 1. The predicted molar refractivity (Wildman–Crippen MR) is 77.2 cm³/mol. The van der Waals surface area contributed by atoms with Crippen LogP contribution >= 0.6 is 0 Å². The number of pyridine rings is 1. The fourth-order valence-electron chi connectivity index (χ4n) is 2.94. The minimum atomic E-state index is 0.563. The van der Waals surface area contributed by atoms with Crippen LogP contribution in [0.3, 0.4) is 0 Å². The lowest BCUT2D eigenvalue weighted by Gasteiger charge is -2.17. The van der Waals surface area contributed by atoms with Gasteiger partial charge in [-0.3, -0.25) is 9.88 Å². The molecule has 5 nitrogen and oxygen atoms in total. The third kappa shape index (κ3) is 2.88. The number of hydrogen-bond donors (Lipinski definition) is 1. The molecule has 2 heterocycles. The monoisotopic (exact) mass is 277 g/mol. The van der Waals surface area contributed by atoms with Gasteiger partial charge in [0, 0.05) is 44.0 Å². The van der Waals surface area contributed by atoms with Crippen LogP contribution in [0.4, 0.5) is 0 Å². The van der Waals surface area contributed by atoms with E-state index in [-0.39, 0.29) is 0 Å². The fourth-order valence-corrected chi connectivity index (χ4v) is 2.94. The maximum absolute atomic E-state index is 5.41. The molecular formula is C15H23N3O2. The van der Waals surface area contributed by atoms with Gasteiger partial charge in [-0.1, -0.05) is 0 Å². The number of rotatable bonds is 6. The largest absolute Gasteiger partial charge is 0.493 e. The molecule has 0 aromatic carbocycles. The molecule has 1 atom stereocenters. The summed E-state index contributed by atoms with van der Waals surface area (Å²) in [5.41, 5.74) is 0.914. The van der Waals surface area contributed by atoms with Crippen LogP contribution in [0, 0.1) is 0 Å². The zero-order valence-corrected chi connectivity index (χ0v) is 12.3. The molecule has 0 radical (unpaired) electrons. The van der Waals surface area contributed by atoms with Crippen LogP contribution in [0.25, 0.3) is 0 Å². The fraction of sp³-hybridized carbons (Fsp3) is 0.667. The Bertz CT molecular complexity index is 462. The molecule has 110 valence electrons. The van der Waals surface area contributed by atoms with E-state index in [1.165, 1.54) is 25.8 Å². The first-order chi connectivity index (χ1) is 9.81. The van der Waals surface area contributed by atoms with Crippen molar-refractivity contribution in [2.24, 2.45) is 0 Å². The summed E-state index contributed by atoms with van der Waals surface area (Å²) < 4.78 is 10.7. The number of ether oxygens (including phenoxy) is 2. The van der Waals surface area contributed by atoms with E-state index in [1.54, 1.807) is 20.4 Å². The Labute approximate surface area is 120 Å². The lowest BCUT2D eigenvalue weighted by Crippen LogP contribution is -2.33. The smallest absolute Gasteiger partial charge is 0.183 e. The molecule has 0 spiro atoms. The average molecular weight is 277 g/mol. The highest BCUT2D eigenvalue weighted by molar-refractivity contribution is 5.42. The van der Waals surface area contributed by atoms with Gasteiger partial charge in [0.15, 0.2) is 11.5 Å². The molecule has 1 saturated carbocycles. The number of nitrogens with zero attached hydrogens (tertiary/aromatic N) is 2. The highest BCUT2D eigenvalue weighted by Crippen LogP contribution is 2.31. The molecule has 1 aromatic heterocycles. The Morgan fingerprint density at radius 3 is 2.85 bits per heavy atom. The van der Waals surface area contributed by atoms with Crippen molar-refractivity contribution in [3.8, 4) is 11.5 Å². The second-order valence-corrected chi connectivity index (χ2v) is 5.59. The average Bonchev–Trinajstić information content (AvgIpc) is 3.23. The highest BCUT2D eigenvalue weighted by atomic mass is 16.5. The lowest BCUT2D eigenvalue weighted by molar-refractivity contribution is 0.316. The number of methoxy groups -OCH3 is 2. The molecule has 2 fully saturated rings. The van der Waals surface area contributed by atoms with Crippen LogP contribution in [0.1, 0.15) is 25.0 Å². The summed E-state index contributed by atoms with van der Waals surface area (Å²) in [6, 6.07) is 3.26. The van der Waals surface area contributed by atoms with Crippen LogP contribution in [0.15, 0.2) is 12.3 Å². The van der Waals surface area contributed by atoms with Crippen molar-refractivity contribution >= 4 is 0 Å². The van der Waals surface area contributed by atoms with Gasteiger partial charge in [0.1, 0.15) is 0 Å². The van der Waals surface area contributed by atoms with Gasteiger partial charge in [-0.25, -0.2) is 0 Å². The molecule has 20 heavy (non-hydrogen) atoms. The standard InChI is InChI=1S/C15H23N3O2/c1-19-14-5-7-16-13(15(14)20-2)9-17-11-6-8-18(10-11)12-3-4-12/h5,7,11-12,17H,3-4,6,8-10H2,1-2H3. The summed E-state index contributed by atoms with van der Waals surface area (Å²) in [4.78, 5) is 7.01. The lowest BCUT2D eigenvalue weighted by atomic mass is 10.2. The molecule has 1 aliphatic heterocycles. The Hall–Kier alpha value is -1.33. The first kappa shape index (κ1) is 13.6. The van der Waals surface area contributed by atoms with Crippen LogP contribution in [-0.2, 0) is 6.54 Å². The maximum Gasteiger partial charge on any atom is 0.183 e. The van der Waals surface area contributed by atoms with E-state index in [0.29, 0.717) is 6.04 Å². The van der Waals surface area contributed by atoms with E-state index < -0.39 is 0 Å². The van der Waals surface area contributed by atoms with E-state index in [2.05, 4.69) is 15.2 Å². The summed E-state index contributed by atoms with van der Waals surface area (Å²) in [6.45, 7) is 3.12. The topological polar surface area (TPSA) is 46.6 Å². The number of nitrogens with one attached hydrogen (secondary N) is 1. The van der Waals surface area contributed by atoms with Crippen LogP contribution in [-0.4, -0.2) is 49.3 Å². The van der Waals surface area contributed by atoms with E-state index >= 15 is 0 Å². The molecule has 1 aromatic rings. The van der Waals surface area contributed by atoms with E-state index in [0.717, 1.165) is 36.3 Å². The molecule has 1 unspecified atom stereocenters. The van der Waals surface area contributed by atoms with Crippen molar-refractivity contribution < 1.29 is 9.47 Å². The van der Waals surface area contributed by atoms with E-state index in [4.69, 9.17) is 9.47 Å². The Morgan fingerprint density at radius 1 is 1.30 bits per heavy atom. The first-order valence-electron chi connectivity index (χ1n) is 7.35. The quantitative estimate of drug-likeness (QED) is 0.852. The van der Waals surface area contributed by atoms with Gasteiger partial charge in [-0.2, -0.15) is 0 Å². The van der Waals surface area contributed by atoms with Gasteiger partial charge in [0.05, 0.1) is 19.9 Å². The molecular weight excluding hydrogens is 254 g/mol. The molecule has 5 heteroatoms. The molecule has 1 aliphatic carbocycles. The molecule has 0 bridgehead atoms. The Kier molecular flexibility index (Phi) is 4.08. The summed E-state index contributed by atoms with van der Waals surface area (Å²) in [5.74, 6) is 1.48. The minimum Gasteiger partial charge on any atom is -0.493 e. The van der Waals surface area contributed by atoms with Crippen molar-refractivity contribution in [2.75, 3.05) is 27.3 Å². The Balaban J connectivity index is 1.58. The summed E-state index contributed by atoms with van der Waals surface area (Å²) in [6.07, 6.45) is 5.77. The Morgan fingerprint density at radius 2 is 2.15 bits per heavy atom. The third-order valence-corrected chi connectivity index (χ3v) is 4.21. The van der Waals surface area contributed by atoms with E-state index in [1.807, 2.05) is 6.07 Å². The maximum atomic E-state index is 5.41. The van der Waals surface area contributed by atoms with Gasteiger partial charge < -0.3 is 14.8 Å². The zero-order valence-electron chi connectivity index (χ0n) is 12.3. The minimum absolute atomic E-state index is 0.563. The summed E-state index contributed by atoms with van der Waals surface area (Å²) in [7, 11) is 3.31. The number of aromatic nitrogens is 1. The molecule has 1 N–H and O–H groups in total. The SMILES string of the molecule is COc1ccnc(CNC2CCN(C3CC3)C2)c1OC. The van der Waals surface area contributed by atoms with Crippen molar-refractivity contribution in [1.82, 2.24) is 15.2 Å². The van der Waals surface area contributed by atoms with E-state index in [9.17, 15) is 0 Å². The predicted octanol–water partition coefficient (Wildman–Crippen LogP) is 1.43. The molecule has 0 amide bonds. The highest BCUT2D eigenvalue weighted by Gasteiger charge is 2.34. The summed E-state index contributed by atoms with van der Waals surface area (Å²) >= 11 is 0. The van der Waals surface area contributed by atoms with Crippen LogP contribution < -0.4 is 14.8 Å². The first-order valence-corrected chi connectivity index (χ1v) is 7.35. The van der Waals surface area contributed by atoms with Gasteiger partial charge in [0.2, 0.25) is 0 Å². The van der Waals surface area contributed by atoms with Crippen molar-refractivity contribution in [2.45, 2.75) is 37.9 Å².